The third-order valence-electron chi connectivity index (χ3n) is 4.21. The van der Waals surface area contributed by atoms with Gasteiger partial charge in [-0.1, -0.05) is 0 Å². The maximum atomic E-state index is 12.3. The molecular formula is C21H26O8. The minimum absolute atomic E-state index is 0.0421. The van der Waals surface area contributed by atoms with Gasteiger partial charge in [-0.2, -0.15) is 0 Å². The van der Waals surface area contributed by atoms with Gasteiger partial charge >= 0.3 is 0 Å². The number of hydrogen-bond donors (Lipinski definition) is 3. The summed E-state index contributed by atoms with van der Waals surface area (Å²) in [7, 11) is 3.01. The number of benzene rings is 2. The number of hydrogen-bond acceptors (Lipinski definition) is 8. The van der Waals surface area contributed by atoms with Crippen LogP contribution in [0.2, 0.25) is 0 Å². The average Bonchev–Trinajstić information content (AvgIpc) is 2.69. The van der Waals surface area contributed by atoms with E-state index in [0.29, 0.717) is 31.1 Å². The van der Waals surface area contributed by atoms with Gasteiger partial charge in [-0.3, -0.25) is 4.79 Å². The number of ether oxygens (including phenoxy) is 4. The van der Waals surface area contributed by atoms with E-state index in [2.05, 4.69) is 0 Å². The highest BCUT2D eigenvalue weighted by molar-refractivity contribution is 5.96. The van der Waals surface area contributed by atoms with Gasteiger partial charge in [0.05, 0.1) is 26.9 Å². The van der Waals surface area contributed by atoms with Crippen LogP contribution >= 0.6 is 0 Å². The monoisotopic (exact) mass is 406 g/mol. The van der Waals surface area contributed by atoms with Crippen molar-refractivity contribution in [2.45, 2.75) is 12.8 Å². The SMILES string of the molecule is COCCOCCOc1cc(O)c(CCC(=O)c2ccc(OC)c(O)c2)c(O)c1. The van der Waals surface area contributed by atoms with Crippen molar-refractivity contribution in [3.63, 3.8) is 0 Å². The van der Waals surface area contributed by atoms with Gasteiger partial charge in [0.25, 0.3) is 0 Å². The maximum absolute atomic E-state index is 12.3. The van der Waals surface area contributed by atoms with Crippen LogP contribution in [0.4, 0.5) is 0 Å². The summed E-state index contributed by atoms with van der Waals surface area (Å²) in [5.74, 6) is -0.120. The predicted molar refractivity (Wildman–Crippen MR) is 105 cm³/mol. The highest BCUT2D eigenvalue weighted by Crippen LogP contribution is 2.34. The van der Waals surface area contributed by atoms with Crippen LogP contribution in [0.3, 0.4) is 0 Å². The Labute approximate surface area is 169 Å². The fourth-order valence-corrected chi connectivity index (χ4v) is 2.67. The van der Waals surface area contributed by atoms with Gasteiger partial charge in [0.15, 0.2) is 17.3 Å². The van der Waals surface area contributed by atoms with Gasteiger partial charge in [-0.05, 0) is 24.6 Å². The Kier molecular flexibility index (Phi) is 8.57. The Hall–Kier alpha value is -2.97. The molecule has 0 unspecified atom stereocenters. The molecular weight excluding hydrogens is 380 g/mol. The van der Waals surface area contributed by atoms with Crippen LogP contribution < -0.4 is 9.47 Å². The fraction of sp³-hybridized carbons (Fsp3) is 0.381. The third-order valence-corrected chi connectivity index (χ3v) is 4.21. The van der Waals surface area contributed by atoms with Crippen LogP contribution in [0.15, 0.2) is 30.3 Å². The summed E-state index contributed by atoms with van der Waals surface area (Å²) in [6.07, 6.45) is 0.171. The zero-order chi connectivity index (χ0) is 21.2. The molecule has 0 aromatic heterocycles. The van der Waals surface area contributed by atoms with Crippen molar-refractivity contribution in [1.82, 2.24) is 0 Å². The summed E-state index contributed by atoms with van der Waals surface area (Å²) in [5, 5.41) is 30.2. The van der Waals surface area contributed by atoms with Crippen LogP contribution in [-0.2, 0) is 15.9 Å². The quantitative estimate of drug-likeness (QED) is 0.364. The molecule has 0 saturated heterocycles. The topological polar surface area (TPSA) is 115 Å². The number of aromatic hydroxyl groups is 3. The fourth-order valence-electron chi connectivity index (χ4n) is 2.67. The molecule has 0 spiro atoms. The summed E-state index contributed by atoms with van der Waals surface area (Å²) >= 11 is 0. The second kappa shape index (κ2) is 11.1. The molecule has 0 bridgehead atoms. The number of Topliss-reactive ketones (excluding diaryl/α,β-unsaturated/α-hetero) is 1. The molecule has 0 saturated carbocycles. The highest BCUT2D eigenvalue weighted by Gasteiger charge is 2.15. The van der Waals surface area contributed by atoms with Gasteiger partial charge in [-0.25, -0.2) is 0 Å². The van der Waals surface area contributed by atoms with Crippen LogP contribution in [0.25, 0.3) is 0 Å². The lowest BCUT2D eigenvalue weighted by molar-refractivity contribution is 0.0543. The lowest BCUT2D eigenvalue weighted by atomic mass is 10.0. The van der Waals surface area contributed by atoms with E-state index in [-0.39, 0.29) is 53.8 Å². The first-order valence-electron chi connectivity index (χ1n) is 9.10. The molecule has 2 aromatic rings. The molecule has 0 aliphatic carbocycles. The average molecular weight is 406 g/mol. The molecule has 8 heteroatoms. The molecule has 0 atom stereocenters. The van der Waals surface area contributed by atoms with E-state index in [4.69, 9.17) is 18.9 Å². The molecule has 2 rings (SSSR count). The first-order valence-corrected chi connectivity index (χ1v) is 9.10. The Morgan fingerprint density at radius 2 is 1.59 bits per heavy atom. The second-order valence-electron chi connectivity index (χ2n) is 6.20. The zero-order valence-electron chi connectivity index (χ0n) is 16.5. The Morgan fingerprint density at radius 3 is 2.21 bits per heavy atom. The molecule has 2 aromatic carbocycles. The standard InChI is InChI=1S/C21H26O8/c1-26-7-8-28-9-10-29-15-12-18(23)16(19(24)13-15)4-5-17(22)14-3-6-21(27-2)20(25)11-14/h3,6,11-13,23-25H,4-5,7-10H2,1-2H3. The van der Waals surface area contributed by atoms with Crippen molar-refractivity contribution in [1.29, 1.82) is 0 Å². The lowest BCUT2D eigenvalue weighted by Gasteiger charge is -2.12. The minimum Gasteiger partial charge on any atom is -0.507 e. The molecule has 0 radical (unpaired) electrons. The maximum Gasteiger partial charge on any atom is 0.163 e. The summed E-state index contributed by atoms with van der Waals surface area (Å²) in [5.41, 5.74) is 0.565. The van der Waals surface area contributed by atoms with E-state index in [1.807, 2.05) is 0 Å². The number of carbonyl (C=O) groups is 1. The van der Waals surface area contributed by atoms with Crippen molar-refractivity contribution in [2.75, 3.05) is 40.6 Å². The molecule has 29 heavy (non-hydrogen) atoms. The third kappa shape index (κ3) is 6.55. The smallest absolute Gasteiger partial charge is 0.163 e. The van der Waals surface area contributed by atoms with Gasteiger partial charge in [0.2, 0.25) is 0 Å². The van der Waals surface area contributed by atoms with Crippen LogP contribution in [0.5, 0.6) is 28.7 Å². The summed E-state index contributed by atoms with van der Waals surface area (Å²) in [6.45, 7) is 1.54. The Morgan fingerprint density at radius 1 is 0.897 bits per heavy atom. The second-order valence-corrected chi connectivity index (χ2v) is 6.20. The molecule has 3 N–H and O–H groups in total. The van der Waals surface area contributed by atoms with Gasteiger partial charge in [0, 0.05) is 36.8 Å². The van der Waals surface area contributed by atoms with Gasteiger partial charge in [-0.15, -0.1) is 0 Å². The van der Waals surface area contributed by atoms with Crippen molar-refractivity contribution in [3.05, 3.63) is 41.5 Å². The molecule has 0 amide bonds. The van der Waals surface area contributed by atoms with Crippen molar-refractivity contribution >= 4 is 5.78 Å². The van der Waals surface area contributed by atoms with Crippen molar-refractivity contribution < 1.29 is 39.1 Å². The van der Waals surface area contributed by atoms with Crippen LogP contribution in [0, 0.1) is 0 Å². The number of carbonyl (C=O) groups excluding carboxylic acids is 1. The van der Waals surface area contributed by atoms with Gasteiger partial charge < -0.3 is 34.3 Å². The number of phenols is 3. The summed E-state index contributed by atoms with van der Waals surface area (Å²) in [6, 6.07) is 7.14. The van der Waals surface area contributed by atoms with E-state index in [0.717, 1.165) is 0 Å². The molecule has 0 aliphatic rings. The van der Waals surface area contributed by atoms with Crippen molar-refractivity contribution in [2.24, 2.45) is 0 Å². The van der Waals surface area contributed by atoms with Crippen molar-refractivity contribution in [3.8, 4) is 28.7 Å². The predicted octanol–water partition coefficient (Wildman–Crippen LogP) is 2.67. The first-order chi connectivity index (χ1) is 14.0. The first kappa shape index (κ1) is 22.3. The van der Waals surface area contributed by atoms with Gasteiger partial charge in [0.1, 0.15) is 23.9 Å². The van der Waals surface area contributed by atoms with E-state index in [1.165, 1.54) is 31.4 Å². The molecule has 0 fully saturated rings. The number of methoxy groups -OCH3 is 2. The minimum atomic E-state index is -0.240. The van der Waals surface area contributed by atoms with E-state index in [1.54, 1.807) is 13.2 Å². The molecule has 0 aliphatic heterocycles. The Bertz CT molecular complexity index is 795. The Balaban J connectivity index is 1.92. The number of ketones is 1. The number of rotatable bonds is 12. The largest absolute Gasteiger partial charge is 0.507 e. The molecule has 8 nitrogen and oxygen atoms in total. The number of phenolic OH excluding ortho intramolecular Hbond substituents is 3. The molecule has 158 valence electrons. The zero-order valence-corrected chi connectivity index (χ0v) is 16.5. The van der Waals surface area contributed by atoms with Crippen LogP contribution in [-0.4, -0.2) is 61.7 Å². The molecule has 0 heterocycles. The van der Waals surface area contributed by atoms with E-state index >= 15 is 0 Å². The normalized spacial score (nSPS) is 10.7. The lowest BCUT2D eigenvalue weighted by Crippen LogP contribution is -2.10. The highest BCUT2D eigenvalue weighted by atomic mass is 16.5. The summed E-state index contributed by atoms with van der Waals surface area (Å²) < 4.78 is 20.5. The summed E-state index contributed by atoms with van der Waals surface area (Å²) in [4.78, 5) is 12.3. The van der Waals surface area contributed by atoms with E-state index < -0.39 is 0 Å². The van der Waals surface area contributed by atoms with E-state index in [9.17, 15) is 20.1 Å². The van der Waals surface area contributed by atoms with Crippen LogP contribution in [0.1, 0.15) is 22.3 Å².